The number of rotatable bonds is 9. The van der Waals surface area contributed by atoms with Crippen molar-refractivity contribution in [2.24, 2.45) is 0 Å². The van der Waals surface area contributed by atoms with Crippen LogP contribution in [0.3, 0.4) is 0 Å². The lowest BCUT2D eigenvalue weighted by Crippen LogP contribution is -2.48. The third-order valence-corrected chi connectivity index (χ3v) is 9.94. The van der Waals surface area contributed by atoms with Crippen LogP contribution < -0.4 is 28.6 Å². The number of halogens is 1. The van der Waals surface area contributed by atoms with E-state index >= 15 is 0 Å². The SMILES string of the molecule is COc1ccc(OC)c(NS(=O)(=O)c2ccc(NC(=O)[C@H]3CN(S(=O)(=O)c4ccc(Cl)cc4)c4ccccc4O3)cc2)c1. The Kier molecular flexibility index (Phi) is 8.40. The lowest BCUT2D eigenvalue weighted by molar-refractivity contribution is -0.122. The van der Waals surface area contributed by atoms with Gasteiger partial charge >= 0.3 is 0 Å². The van der Waals surface area contributed by atoms with Gasteiger partial charge in [-0.25, -0.2) is 16.8 Å². The van der Waals surface area contributed by atoms with Crippen LogP contribution in [0.2, 0.25) is 5.02 Å². The first kappa shape index (κ1) is 30.0. The number of para-hydroxylation sites is 2. The molecule has 0 saturated heterocycles. The smallest absolute Gasteiger partial charge is 0.267 e. The molecule has 0 aliphatic carbocycles. The molecule has 1 amide bonds. The number of nitrogens with zero attached hydrogens (tertiary/aromatic N) is 1. The fourth-order valence-electron chi connectivity index (χ4n) is 4.34. The molecule has 1 aliphatic rings. The molecule has 0 radical (unpaired) electrons. The number of hydrogen-bond acceptors (Lipinski definition) is 8. The largest absolute Gasteiger partial charge is 0.497 e. The van der Waals surface area contributed by atoms with Crippen LogP contribution >= 0.6 is 11.6 Å². The topological polar surface area (TPSA) is 140 Å². The standard InChI is InChI=1S/C29H26ClN3O8S2/c1-39-21-11-16-26(40-2)24(17-21)32-42(35,36)22-14-9-20(10-15-22)31-29(34)28-18-33(25-5-3-4-6-27(25)41-28)43(37,38)23-12-7-19(30)8-13-23/h3-17,28,32H,18H2,1-2H3,(H,31,34)/t28-/m1/s1. The predicted octanol–water partition coefficient (Wildman–Crippen LogP) is 4.75. The highest BCUT2D eigenvalue weighted by Crippen LogP contribution is 2.37. The minimum Gasteiger partial charge on any atom is -0.497 e. The quantitative estimate of drug-likeness (QED) is 0.266. The molecule has 0 unspecified atom stereocenters. The number of fused-ring (bicyclic) bond motifs is 1. The summed E-state index contributed by atoms with van der Waals surface area (Å²) in [6.45, 7) is -0.299. The first-order chi connectivity index (χ1) is 20.5. The summed E-state index contributed by atoms with van der Waals surface area (Å²) in [6, 6.07) is 22.4. The van der Waals surface area contributed by atoms with Gasteiger partial charge in [0.05, 0.1) is 41.9 Å². The normalized spacial score (nSPS) is 14.7. The Hall–Kier alpha value is -4.46. The number of methoxy groups -OCH3 is 2. The van der Waals surface area contributed by atoms with E-state index in [9.17, 15) is 21.6 Å². The van der Waals surface area contributed by atoms with Crippen LogP contribution in [0.1, 0.15) is 0 Å². The zero-order valence-corrected chi connectivity index (χ0v) is 25.2. The van der Waals surface area contributed by atoms with Crippen molar-refractivity contribution in [2.75, 3.05) is 35.1 Å². The van der Waals surface area contributed by atoms with E-state index in [0.29, 0.717) is 16.5 Å². The number of hydrogen-bond donors (Lipinski definition) is 2. The maximum absolute atomic E-state index is 13.5. The van der Waals surface area contributed by atoms with E-state index in [1.54, 1.807) is 36.4 Å². The number of carbonyl (C=O) groups excluding carboxylic acids is 1. The molecule has 4 aromatic carbocycles. The maximum Gasteiger partial charge on any atom is 0.267 e. The Morgan fingerprint density at radius 2 is 1.56 bits per heavy atom. The van der Waals surface area contributed by atoms with Crippen molar-refractivity contribution in [3.05, 3.63) is 96.0 Å². The van der Waals surface area contributed by atoms with Crippen molar-refractivity contribution in [1.29, 1.82) is 0 Å². The van der Waals surface area contributed by atoms with Crippen molar-refractivity contribution >= 4 is 54.6 Å². The minimum absolute atomic E-state index is 0.00438. The van der Waals surface area contributed by atoms with Gasteiger partial charge < -0.3 is 19.5 Å². The Bertz CT molecular complexity index is 1870. The molecule has 4 aromatic rings. The summed E-state index contributed by atoms with van der Waals surface area (Å²) in [4.78, 5) is 13.2. The van der Waals surface area contributed by atoms with Crippen LogP contribution in [-0.2, 0) is 24.8 Å². The lowest BCUT2D eigenvalue weighted by atomic mass is 10.2. The zero-order valence-electron chi connectivity index (χ0n) is 22.9. The van der Waals surface area contributed by atoms with Gasteiger partial charge in [-0.2, -0.15) is 0 Å². The molecule has 0 fully saturated rings. The molecular formula is C29H26ClN3O8S2. The first-order valence-electron chi connectivity index (χ1n) is 12.7. The molecule has 0 bridgehead atoms. The molecule has 2 N–H and O–H groups in total. The van der Waals surface area contributed by atoms with Gasteiger partial charge in [-0.1, -0.05) is 23.7 Å². The van der Waals surface area contributed by atoms with E-state index in [-0.39, 0.29) is 39.1 Å². The Morgan fingerprint density at radius 1 is 0.884 bits per heavy atom. The third-order valence-electron chi connectivity index (χ3n) is 6.51. The van der Waals surface area contributed by atoms with Gasteiger partial charge in [-0.05, 0) is 72.8 Å². The second-order valence-corrected chi connectivity index (χ2v) is 13.2. The van der Waals surface area contributed by atoms with Gasteiger partial charge in [-0.15, -0.1) is 0 Å². The first-order valence-corrected chi connectivity index (χ1v) is 16.0. The zero-order chi connectivity index (χ0) is 30.8. The fourth-order valence-corrected chi connectivity index (χ4v) is 7.00. The second-order valence-electron chi connectivity index (χ2n) is 9.25. The molecule has 14 heteroatoms. The van der Waals surface area contributed by atoms with Gasteiger partial charge in [0.2, 0.25) is 0 Å². The average Bonchev–Trinajstić information content (AvgIpc) is 3.00. The summed E-state index contributed by atoms with van der Waals surface area (Å²) in [7, 11) is -5.22. The van der Waals surface area contributed by atoms with Crippen LogP contribution in [0.4, 0.5) is 17.1 Å². The van der Waals surface area contributed by atoms with Crippen LogP contribution in [0, 0.1) is 0 Å². The van der Waals surface area contributed by atoms with Crippen molar-refractivity contribution in [2.45, 2.75) is 15.9 Å². The highest BCUT2D eigenvalue weighted by molar-refractivity contribution is 7.93. The van der Waals surface area contributed by atoms with Crippen molar-refractivity contribution in [1.82, 2.24) is 0 Å². The minimum atomic E-state index is -4.06. The Morgan fingerprint density at radius 3 is 2.23 bits per heavy atom. The predicted molar refractivity (Wildman–Crippen MR) is 162 cm³/mol. The third kappa shape index (κ3) is 6.33. The number of benzene rings is 4. The summed E-state index contributed by atoms with van der Waals surface area (Å²) in [6.07, 6.45) is -1.21. The maximum atomic E-state index is 13.5. The number of anilines is 3. The van der Waals surface area contributed by atoms with Crippen LogP contribution in [0.15, 0.2) is 101 Å². The fraction of sp³-hybridized carbons (Fsp3) is 0.138. The monoisotopic (exact) mass is 643 g/mol. The molecule has 1 atom stereocenters. The number of sulfonamides is 2. The molecule has 11 nitrogen and oxygen atoms in total. The molecule has 224 valence electrons. The van der Waals surface area contributed by atoms with Gasteiger partial charge in [0.25, 0.3) is 26.0 Å². The highest BCUT2D eigenvalue weighted by atomic mass is 35.5. The van der Waals surface area contributed by atoms with Crippen molar-refractivity contribution < 1.29 is 35.8 Å². The van der Waals surface area contributed by atoms with E-state index in [1.807, 2.05) is 0 Å². The highest BCUT2D eigenvalue weighted by Gasteiger charge is 2.37. The number of ether oxygens (including phenoxy) is 3. The number of amides is 1. The molecule has 0 saturated carbocycles. The molecular weight excluding hydrogens is 618 g/mol. The average molecular weight is 644 g/mol. The van der Waals surface area contributed by atoms with Crippen LogP contribution in [-0.4, -0.2) is 49.6 Å². The van der Waals surface area contributed by atoms with Crippen molar-refractivity contribution in [3.8, 4) is 17.2 Å². The van der Waals surface area contributed by atoms with Gasteiger partial charge in [0.15, 0.2) is 6.10 Å². The second kappa shape index (κ2) is 12.0. The van der Waals surface area contributed by atoms with Crippen LogP contribution in [0.25, 0.3) is 0 Å². The summed E-state index contributed by atoms with van der Waals surface area (Å²) in [5, 5.41) is 3.05. The number of nitrogens with one attached hydrogen (secondary N) is 2. The van der Waals surface area contributed by atoms with E-state index in [2.05, 4.69) is 10.0 Å². The van der Waals surface area contributed by atoms with Gasteiger partial charge in [0.1, 0.15) is 17.2 Å². The molecule has 5 rings (SSSR count). The summed E-state index contributed by atoms with van der Waals surface area (Å²) in [5.41, 5.74) is 0.751. The lowest BCUT2D eigenvalue weighted by Gasteiger charge is -2.34. The Labute approximate surface area is 254 Å². The molecule has 1 heterocycles. The summed E-state index contributed by atoms with van der Waals surface area (Å²) in [5.74, 6) is 0.325. The van der Waals surface area contributed by atoms with Gasteiger partial charge in [-0.3, -0.25) is 13.8 Å². The van der Waals surface area contributed by atoms with Crippen molar-refractivity contribution in [3.63, 3.8) is 0 Å². The van der Waals surface area contributed by atoms with Gasteiger partial charge in [0, 0.05) is 16.8 Å². The number of carbonyl (C=O) groups is 1. The van der Waals surface area contributed by atoms with E-state index in [0.717, 1.165) is 4.31 Å². The van der Waals surface area contributed by atoms with E-state index in [4.69, 9.17) is 25.8 Å². The van der Waals surface area contributed by atoms with Crippen LogP contribution in [0.5, 0.6) is 17.2 Å². The van der Waals surface area contributed by atoms with E-state index < -0.39 is 32.1 Å². The Balaban J connectivity index is 1.34. The molecule has 0 spiro atoms. The summed E-state index contributed by atoms with van der Waals surface area (Å²) >= 11 is 5.94. The molecule has 43 heavy (non-hydrogen) atoms. The molecule has 0 aromatic heterocycles. The van der Waals surface area contributed by atoms with E-state index in [1.165, 1.54) is 68.8 Å². The molecule has 1 aliphatic heterocycles. The summed E-state index contributed by atoms with van der Waals surface area (Å²) < 4.78 is 73.0.